The molecule has 3 heterocycles. The van der Waals surface area contributed by atoms with Gasteiger partial charge in [0.25, 0.3) is 11.5 Å². The highest BCUT2D eigenvalue weighted by Gasteiger charge is 2.41. The number of aromatic nitrogens is 5. The third-order valence-corrected chi connectivity index (χ3v) is 4.26. The van der Waals surface area contributed by atoms with Crippen molar-refractivity contribution in [2.45, 2.75) is 20.0 Å². The van der Waals surface area contributed by atoms with Gasteiger partial charge in [0.1, 0.15) is 5.82 Å². The minimum Gasteiger partial charge on any atom is -0.357 e. The molecule has 0 radical (unpaired) electrons. The molecule has 30 heavy (non-hydrogen) atoms. The summed E-state index contributed by atoms with van der Waals surface area (Å²) in [6, 6.07) is 5.30. The van der Waals surface area contributed by atoms with E-state index in [2.05, 4.69) is 20.5 Å². The molecule has 0 unspecified atom stereocenters. The smallest absolute Gasteiger partial charge is 0.357 e. The summed E-state index contributed by atoms with van der Waals surface area (Å²) in [5.74, 6) is -0.604. The van der Waals surface area contributed by atoms with Gasteiger partial charge in [0, 0.05) is 19.2 Å². The Bertz CT molecular complexity index is 1070. The number of amides is 1. The molecule has 0 saturated carbocycles. The molecule has 0 spiro atoms. The normalized spacial score (nSPS) is 11.4. The van der Waals surface area contributed by atoms with Crippen LogP contribution >= 0.6 is 0 Å². The molecule has 1 amide bonds. The Morgan fingerprint density at radius 2 is 1.90 bits per heavy atom. The SMILES string of the molecule is CCN(CC)c1ccc(NC(=O)c2cnn(-c3ccc(=O)[nH]n3)c2C(F)(F)F)cn1. The van der Waals surface area contributed by atoms with E-state index in [0.717, 1.165) is 31.4 Å². The molecule has 0 fully saturated rings. The molecule has 3 aromatic heterocycles. The van der Waals surface area contributed by atoms with Crippen LogP contribution in [0.15, 0.2) is 41.5 Å². The van der Waals surface area contributed by atoms with Crippen LogP contribution in [0.25, 0.3) is 5.82 Å². The van der Waals surface area contributed by atoms with Crippen LogP contribution < -0.4 is 15.8 Å². The third kappa shape index (κ3) is 4.31. The van der Waals surface area contributed by atoms with Gasteiger partial charge in [-0.3, -0.25) is 9.59 Å². The van der Waals surface area contributed by atoms with E-state index in [1.165, 1.54) is 6.20 Å². The van der Waals surface area contributed by atoms with Crippen molar-refractivity contribution in [2.75, 3.05) is 23.3 Å². The molecule has 0 bridgehead atoms. The fourth-order valence-corrected chi connectivity index (χ4v) is 2.81. The molecule has 3 aromatic rings. The number of nitrogens with zero attached hydrogens (tertiary/aromatic N) is 5. The minimum absolute atomic E-state index is 0.235. The number of H-pyrrole nitrogens is 1. The number of halogens is 3. The van der Waals surface area contributed by atoms with E-state index in [-0.39, 0.29) is 11.5 Å². The molecule has 0 aromatic carbocycles. The van der Waals surface area contributed by atoms with E-state index < -0.39 is 28.9 Å². The summed E-state index contributed by atoms with van der Waals surface area (Å²) < 4.78 is 41.5. The molecule has 3 rings (SSSR count). The monoisotopic (exact) mass is 421 g/mol. The fourth-order valence-electron chi connectivity index (χ4n) is 2.81. The van der Waals surface area contributed by atoms with Crippen molar-refractivity contribution in [1.82, 2.24) is 25.0 Å². The van der Waals surface area contributed by atoms with Crippen LogP contribution in [0, 0.1) is 0 Å². The Kier molecular flexibility index (Phi) is 5.85. The predicted molar refractivity (Wildman–Crippen MR) is 103 cm³/mol. The molecule has 158 valence electrons. The molecule has 0 aliphatic rings. The number of hydrogen-bond donors (Lipinski definition) is 2. The summed E-state index contributed by atoms with van der Waals surface area (Å²) in [5, 5.41) is 11.6. The van der Waals surface area contributed by atoms with Crippen LogP contribution in [0.1, 0.15) is 29.9 Å². The van der Waals surface area contributed by atoms with E-state index in [4.69, 9.17) is 0 Å². The van der Waals surface area contributed by atoms with Crippen LogP contribution in [0.3, 0.4) is 0 Å². The maximum Gasteiger partial charge on any atom is 0.434 e. The number of aromatic amines is 1. The molecule has 9 nitrogen and oxygen atoms in total. The lowest BCUT2D eigenvalue weighted by atomic mass is 10.2. The number of nitrogens with one attached hydrogen (secondary N) is 2. The van der Waals surface area contributed by atoms with E-state index in [1.54, 1.807) is 12.1 Å². The van der Waals surface area contributed by atoms with E-state index in [0.29, 0.717) is 10.5 Å². The standard InChI is InChI=1S/C18H18F3N7O2/c1-3-27(4-2)13-6-5-11(9-22-13)24-17(30)12-10-23-28(16(12)18(19,20)21)14-7-8-15(29)26-25-14/h5-10H,3-4H2,1-2H3,(H,24,30)(H,26,29). The molecule has 0 saturated heterocycles. The Morgan fingerprint density at radius 1 is 1.17 bits per heavy atom. The lowest BCUT2D eigenvalue weighted by molar-refractivity contribution is -0.143. The first-order chi connectivity index (χ1) is 14.2. The van der Waals surface area contributed by atoms with Gasteiger partial charge in [0.05, 0.1) is 23.6 Å². The van der Waals surface area contributed by atoms with Crippen molar-refractivity contribution in [2.24, 2.45) is 0 Å². The summed E-state index contributed by atoms with van der Waals surface area (Å²) in [6.07, 6.45) is -2.73. The Balaban J connectivity index is 1.91. The minimum atomic E-state index is -4.90. The quantitative estimate of drug-likeness (QED) is 0.633. The van der Waals surface area contributed by atoms with Gasteiger partial charge in [-0.25, -0.2) is 14.8 Å². The average molecular weight is 421 g/mol. The van der Waals surface area contributed by atoms with E-state index in [9.17, 15) is 22.8 Å². The first-order valence-electron chi connectivity index (χ1n) is 8.98. The van der Waals surface area contributed by atoms with Crippen molar-refractivity contribution < 1.29 is 18.0 Å². The Hall–Kier alpha value is -3.70. The lowest BCUT2D eigenvalue weighted by Crippen LogP contribution is -2.23. The van der Waals surface area contributed by atoms with Crippen molar-refractivity contribution in [3.63, 3.8) is 0 Å². The van der Waals surface area contributed by atoms with Crippen LogP contribution in [0.4, 0.5) is 24.7 Å². The van der Waals surface area contributed by atoms with Gasteiger partial charge in [-0.05, 0) is 32.0 Å². The second-order valence-corrected chi connectivity index (χ2v) is 6.13. The van der Waals surface area contributed by atoms with Crippen molar-refractivity contribution in [3.05, 3.63) is 58.3 Å². The molecular weight excluding hydrogens is 403 g/mol. The van der Waals surface area contributed by atoms with Crippen LogP contribution in [-0.2, 0) is 6.18 Å². The van der Waals surface area contributed by atoms with Gasteiger partial charge in [0.15, 0.2) is 11.5 Å². The van der Waals surface area contributed by atoms with Crippen molar-refractivity contribution >= 4 is 17.4 Å². The topological polar surface area (TPSA) is 109 Å². The molecule has 2 N–H and O–H groups in total. The van der Waals surface area contributed by atoms with Crippen LogP contribution in [-0.4, -0.2) is 44.0 Å². The summed E-state index contributed by atoms with van der Waals surface area (Å²) in [7, 11) is 0. The summed E-state index contributed by atoms with van der Waals surface area (Å²) >= 11 is 0. The van der Waals surface area contributed by atoms with E-state index >= 15 is 0 Å². The lowest BCUT2D eigenvalue weighted by Gasteiger charge is -2.19. The van der Waals surface area contributed by atoms with Gasteiger partial charge in [-0.2, -0.15) is 23.4 Å². The number of rotatable bonds is 6. The van der Waals surface area contributed by atoms with E-state index in [1.807, 2.05) is 23.8 Å². The number of carbonyl (C=O) groups is 1. The molecule has 0 atom stereocenters. The first-order valence-corrected chi connectivity index (χ1v) is 8.98. The van der Waals surface area contributed by atoms with Crippen LogP contribution in [0.2, 0.25) is 0 Å². The summed E-state index contributed by atoms with van der Waals surface area (Å²) in [4.78, 5) is 29.8. The molecule has 0 aliphatic heterocycles. The number of pyridine rings is 1. The molecular formula is C18H18F3N7O2. The molecule has 12 heteroatoms. The fraction of sp³-hybridized carbons (Fsp3) is 0.278. The van der Waals surface area contributed by atoms with Crippen LogP contribution in [0.5, 0.6) is 0 Å². The summed E-state index contributed by atoms with van der Waals surface area (Å²) in [5.41, 5.74) is -2.35. The number of alkyl halides is 3. The second kappa shape index (κ2) is 8.35. The maximum atomic E-state index is 13.7. The zero-order valence-electron chi connectivity index (χ0n) is 16.1. The van der Waals surface area contributed by atoms with Gasteiger partial charge >= 0.3 is 6.18 Å². The van der Waals surface area contributed by atoms with Crippen molar-refractivity contribution in [3.8, 4) is 5.82 Å². The first kappa shape index (κ1) is 21.0. The third-order valence-electron chi connectivity index (χ3n) is 4.26. The highest BCUT2D eigenvalue weighted by Crippen LogP contribution is 2.33. The zero-order chi connectivity index (χ0) is 21.9. The number of carbonyl (C=O) groups excluding carboxylic acids is 1. The van der Waals surface area contributed by atoms with Crippen molar-refractivity contribution in [1.29, 1.82) is 0 Å². The highest BCUT2D eigenvalue weighted by molar-refractivity contribution is 6.05. The van der Waals surface area contributed by atoms with Gasteiger partial charge in [-0.15, -0.1) is 0 Å². The summed E-state index contributed by atoms with van der Waals surface area (Å²) in [6.45, 7) is 5.41. The zero-order valence-corrected chi connectivity index (χ0v) is 16.1. The number of anilines is 2. The Morgan fingerprint density at radius 3 is 2.43 bits per heavy atom. The highest BCUT2D eigenvalue weighted by atomic mass is 19.4. The maximum absolute atomic E-state index is 13.7. The second-order valence-electron chi connectivity index (χ2n) is 6.13. The number of hydrogen-bond acceptors (Lipinski definition) is 6. The van der Waals surface area contributed by atoms with Gasteiger partial charge < -0.3 is 10.2 Å². The van der Waals surface area contributed by atoms with Gasteiger partial charge in [0.2, 0.25) is 0 Å². The molecule has 0 aliphatic carbocycles. The predicted octanol–water partition coefficient (Wildman–Crippen LogP) is 2.47. The van der Waals surface area contributed by atoms with Gasteiger partial charge in [-0.1, -0.05) is 0 Å². The average Bonchev–Trinajstić information content (AvgIpc) is 3.17. The largest absolute Gasteiger partial charge is 0.434 e. The Labute approximate surface area is 168 Å².